The third-order valence-electron chi connectivity index (χ3n) is 3.91. The average molecular weight is 290 g/mol. The minimum absolute atomic E-state index is 0.314. The van der Waals surface area contributed by atoms with Gasteiger partial charge in [0.05, 0.1) is 5.56 Å². The van der Waals surface area contributed by atoms with Crippen LogP contribution in [0.5, 0.6) is 5.75 Å². The van der Waals surface area contributed by atoms with Crippen molar-refractivity contribution in [2.24, 2.45) is 0 Å². The SMILES string of the molecule is CO[C@@H]1[C@@H](OC)c2c(ccc3ccc(=O)oc23)OC1(C)C. The molecule has 0 aliphatic carbocycles. The van der Waals surface area contributed by atoms with E-state index in [4.69, 9.17) is 18.6 Å². The number of ether oxygens (including phenoxy) is 3. The molecular formula is C16H18O5. The van der Waals surface area contributed by atoms with Crippen LogP contribution in [0.1, 0.15) is 25.5 Å². The Kier molecular flexibility index (Phi) is 3.26. The first kappa shape index (κ1) is 14.1. The standard InChI is InChI=1S/C16H18O5/c1-16(2)15(19-4)14(18-3)12-10(21-16)7-5-9-6-8-11(17)20-13(9)12/h5-8,14-15H,1-4H3/t14-,15+/m0/s1. The molecule has 0 fully saturated rings. The van der Waals surface area contributed by atoms with Crippen molar-refractivity contribution in [1.82, 2.24) is 0 Å². The molecule has 1 aliphatic heterocycles. The van der Waals surface area contributed by atoms with Crippen LogP contribution in [0.4, 0.5) is 0 Å². The van der Waals surface area contributed by atoms with Crippen molar-refractivity contribution in [2.75, 3.05) is 14.2 Å². The lowest BCUT2D eigenvalue weighted by Gasteiger charge is -2.43. The number of benzene rings is 1. The minimum Gasteiger partial charge on any atom is -0.484 e. The summed E-state index contributed by atoms with van der Waals surface area (Å²) in [7, 11) is 3.23. The highest BCUT2D eigenvalue weighted by Gasteiger charge is 2.46. The fourth-order valence-electron chi connectivity index (χ4n) is 3.00. The van der Waals surface area contributed by atoms with E-state index in [0.29, 0.717) is 11.3 Å². The number of hydrogen-bond donors (Lipinski definition) is 0. The van der Waals surface area contributed by atoms with Crippen LogP contribution >= 0.6 is 0 Å². The maximum absolute atomic E-state index is 11.6. The molecule has 0 unspecified atom stereocenters. The summed E-state index contributed by atoms with van der Waals surface area (Å²) in [4.78, 5) is 11.6. The Balaban J connectivity index is 2.32. The molecule has 5 heteroatoms. The molecule has 3 rings (SSSR count). The smallest absolute Gasteiger partial charge is 0.336 e. The Bertz CT molecular complexity index is 731. The van der Waals surface area contributed by atoms with Crippen LogP contribution < -0.4 is 10.4 Å². The van der Waals surface area contributed by atoms with Gasteiger partial charge in [0.25, 0.3) is 0 Å². The predicted octanol–water partition coefficient (Wildman–Crippen LogP) is 2.67. The van der Waals surface area contributed by atoms with E-state index in [-0.39, 0.29) is 12.2 Å². The van der Waals surface area contributed by atoms with E-state index in [9.17, 15) is 4.79 Å². The van der Waals surface area contributed by atoms with Crippen LogP contribution in [0.2, 0.25) is 0 Å². The van der Waals surface area contributed by atoms with Crippen molar-refractivity contribution in [1.29, 1.82) is 0 Å². The molecule has 2 atom stereocenters. The third kappa shape index (κ3) is 2.13. The van der Waals surface area contributed by atoms with Crippen LogP contribution in [0.25, 0.3) is 11.0 Å². The summed E-state index contributed by atoms with van der Waals surface area (Å²) in [6, 6.07) is 6.87. The van der Waals surface area contributed by atoms with Gasteiger partial charge in [-0.2, -0.15) is 0 Å². The normalized spacial score (nSPS) is 23.6. The Labute approximate surface area is 122 Å². The summed E-state index contributed by atoms with van der Waals surface area (Å²) < 4.78 is 22.6. The molecule has 0 spiro atoms. The molecule has 2 heterocycles. The summed E-state index contributed by atoms with van der Waals surface area (Å²) in [5, 5.41) is 0.827. The van der Waals surface area contributed by atoms with Gasteiger partial charge in [-0.25, -0.2) is 4.79 Å². The van der Waals surface area contributed by atoms with Crippen molar-refractivity contribution in [3.05, 3.63) is 40.2 Å². The van der Waals surface area contributed by atoms with Crippen LogP contribution in [-0.2, 0) is 9.47 Å². The highest BCUT2D eigenvalue weighted by Crippen LogP contribution is 2.45. The molecule has 0 amide bonds. The Morgan fingerprint density at radius 2 is 1.81 bits per heavy atom. The fourth-order valence-corrected chi connectivity index (χ4v) is 3.00. The zero-order valence-corrected chi connectivity index (χ0v) is 12.5. The first-order valence-corrected chi connectivity index (χ1v) is 6.79. The van der Waals surface area contributed by atoms with Gasteiger partial charge in [0.1, 0.15) is 29.1 Å². The van der Waals surface area contributed by atoms with Gasteiger partial charge in [-0.05, 0) is 32.0 Å². The van der Waals surface area contributed by atoms with Gasteiger partial charge in [-0.1, -0.05) is 0 Å². The molecule has 0 bridgehead atoms. The van der Waals surface area contributed by atoms with Gasteiger partial charge in [-0.15, -0.1) is 0 Å². The highest BCUT2D eigenvalue weighted by molar-refractivity contribution is 5.83. The van der Waals surface area contributed by atoms with Crippen LogP contribution in [-0.4, -0.2) is 25.9 Å². The van der Waals surface area contributed by atoms with Crippen molar-refractivity contribution >= 4 is 11.0 Å². The summed E-state index contributed by atoms with van der Waals surface area (Å²) in [5.41, 5.74) is 0.262. The van der Waals surface area contributed by atoms with Gasteiger partial charge < -0.3 is 18.6 Å². The largest absolute Gasteiger partial charge is 0.484 e. The highest BCUT2D eigenvalue weighted by atomic mass is 16.6. The Hall–Kier alpha value is -1.85. The monoisotopic (exact) mass is 290 g/mol. The molecule has 0 saturated heterocycles. The second-order valence-corrected chi connectivity index (χ2v) is 5.67. The summed E-state index contributed by atoms with van der Waals surface area (Å²) >= 11 is 0. The van der Waals surface area contributed by atoms with E-state index in [1.165, 1.54) is 6.07 Å². The zero-order chi connectivity index (χ0) is 15.2. The number of fused-ring (bicyclic) bond motifs is 3. The molecule has 21 heavy (non-hydrogen) atoms. The van der Waals surface area contributed by atoms with E-state index in [0.717, 1.165) is 10.9 Å². The van der Waals surface area contributed by atoms with Crippen LogP contribution in [0.3, 0.4) is 0 Å². The quantitative estimate of drug-likeness (QED) is 0.796. The number of hydrogen-bond acceptors (Lipinski definition) is 5. The summed E-state index contributed by atoms with van der Waals surface area (Å²) in [5.74, 6) is 0.655. The second-order valence-electron chi connectivity index (χ2n) is 5.67. The molecule has 1 aromatic carbocycles. The number of rotatable bonds is 2. The van der Waals surface area contributed by atoms with E-state index >= 15 is 0 Å². The third-order valence-corrected chi connectivity index (χ3v) is 3.91. The Morgan fingerprint density at radius 1 is 1.10 bits per heavy atom. The summed E-state index contributed by atoms with van der Waals surface area (Å²) in [6.45, 7) is 3.89. The maximum Gasteiger partial charge on any atom is 0.336 e. The van der Waals surface area contributed by atoms with E-state index in [2.05, 4.69) is 0 Å². The number of methoxy groups -OCH3 is 2. The molecule has 5 nitrogen and oxygen atoms in total. The predicted molar refractivity (Wildman–Crippen MR) is 77.7 cm³/mol. The molecule has 0 saturated carbocycles. The zero-order valence-electron chi connectivity index (χ0n) is 12.5. The molecule has 0 radical (unpaired) electrons. The Morgan fingerprint density at radius 3 is 2.48 bits per heavy atom. The minimum atomic E-state index is -0.550. The van der Waals surface area contributed by atoms with E-state index in [1.807, 2.05) is 26.0 Å². The van der Waals surface area contributed by atoms with Crippen molar-refractivity contribution < 1.29 is 18.6 Å². The molecule has 1 aromatic heterocycles. The van der Waals surface area contributed by atoms with Crippen molar-refractivity contribution in [3.8, 4) is 5.75 Å². The molecule has 1 aliphatic rings. The van der Waals surface area contributed by atoms with Crippen LogP contribution in [0, 0.1) is 0 Å². The van der Waals surface area contributed by atoms with Crippen LogP contribution in [0.15, 0.2) is 33.5 Å². The average Bonchev–Trinajstić information content (AvgIpc) is 2.44. The van der Waals surface area contributed by atoms with Crippen molar-refractivity contribution in [3.63, 3.8) is 0 Å². The van der Waals surface area contributed by atoms with Gasteiger partial charge in [0.15, 0.2) is 0 Å². The van der Waals surface area contributed by atoms with Gasteiger partial charge in [-0.3, -0.25) is 0 Å². The molecule has 112 valence electrons. The second kappa shape index (κ2) is 4.86. The fraction of sp³-hybridized carbons (Fsp3) is 0.438. The topological polar surface area (TPSA) is 57.9 Å². The first-order chi connectivity index (χ1) is 9.97. The van der Waals surface area contributed by atoms with Gasteiger partial charge in [0.2, 0.25) is 0 Å². The van der Waals surface area contributed by atoms with Gasteiger partial charge >= 0.3 is 5.63 Å². The molecular weight excluding hydrogens is 272 g/mol. The lowest BCUT2D eigenvalue weighted by molar-refractivity contribution is -0.139. The maximum atomic E-state index is 11.6. The lowest BCUT2D eigenvalue weighted by atomic mass is 9.87. The molecule has 2 aromatic rings. The summed E-state index contributed by atoms with van der Waals surface area (Å²) in [6.07, 6.45) is -0.686. The molecule has 0 N–H and O–H groups in total. The van der Waals surface area contributed by atoms with E-state index < -0.39 is 11.2 Å². The van der Waals surface area contributed by atoms with E-state index in [1.54, 1.807) is 20.3 Å². The lowest BCUT2D eigenvalue weighted by Crippen LogP contribution is -2.50. The van der Waals surface area contributed by atoms with Crippen molar-refractivity contribution in [2.45, 2.75) is 31.7 Å². The first-order valence-electron chi connectivity index (χ1n) is 6.79. The van der Waals surface area contributed by atoms with Gasteiger partial charge in [0, 0.05) is 25.7 Å².